The SMILES string of the molecule is C[C@H](C(=O)N1CCOC1=O)c1cccc(Br)c1. The zero-order valence-electron chi connectivity index (χ0n) is 9.35. The summed E-state index contributed by atoms with van der Waals surface area (Å²) >= 11 is 3.36. The molecule has 1 aliphatic heterocycles. The van der Waals surface area contributed by atoms with E-state index in [-0.39, 0.29) is 18.4 Å². The minimum Gasteiger partial charge on any atom is -0.447 e. The fraction of sp³-hybridized carbons (Fsp3) is 0.333. The van der Waals surface area contributed by atoms with Gasteiger partial charge in [-0.3, -0.25) is 4.79 Å². The zero-order valence-corrected chi connectivity index (χ0v) is 10.9. The molecule has 0 aliphatic carbocycles. The van der Waals surface area contributed by atoms with Gasteiger partial charge < -0.3 is 4.74 Å². The number of rotatable bonds is 2. The van der Waals surface area contributed by atoms with Crippen LogP contribution in [0.4, 0.5) is 4.79 Å². The van der Waals surface area contributed by atoms with Crippen LogP contribution in [0.25, 0.3) is 0 Å². The Balaban J connectivity index is 2.17. The van der Waals surface area contributed by atoms with Crippen molar-refractivity contribution in [2.45, 2.75) is 12.8 Å². The van der Waals surface area contributed by atoms with Crippen LogP contribution in [0.5, 0.6) is 0 Å². The van der Waals surface area contributed by atoms with Crippen LogP contribution < -0.4 is 0 Å². The molecular formula is C12H12BrNO3. The number of carbonyl (C=O) groups excluding carboxylic acids is 2. The Morgan fingerprint density at radius 2 is 2.29 bits per heavy atom. The molecule has 1 fully saturated rings. The van der Waals surface area contributed by atoms with E-state index in [1.165, 1.54) is 0 Å². The smallest absolute Gasteiger partial charge is 0.416 e. The van der Waals surface area contributed by atoms with Crippen molar-refractivity contribution >= 4 is 27.9 Å². The van der Waals surface area contributed by atoms with Crippen LogP contribution in [0, 0.1) is 0 Å². The fourth-order valence-electron chi connectivity index (χ4n) is 1.75. The summed E-state index contributed by atoms with van der Waals surface area (Å²) in [4.78, 5) is 24.5. The number of hydrogen-bond donors (Lipinski definition) is 0. The second-order valence-electron chi connectivity index (χ2n) is 3.88. The molecule has 2 amide bonds. The molecule has 1 heterocycles. The van der Waals surface area contributed by atoms with E-state index < -0.39 is 6.09 Å². The van der Waals surface area contributed by atoms with Crippen molar-refractivity contribution in [3.05, 3.63) is 34.3 Å². The first kappa shape index (κ1) is 12.1. The Morgan fingerprint density at radius 3 is 2.88 bits per heavy atom. The quantitative estimate of drug-likeness (QED) is 0.843. The van der Waals surface area contributed by atoms with Crippen molar-refractivity contribution < 1.29 is 14.3 Å². The van der Waals surface area contributed by atoms with E-state index in [1.807, 2.05) is 24.3 Å². The molecule has 0 bridgehead atoms. The molecule has 1 aliphatic rings. The Labute approximate surface area is 108 Å². The average Bonchev–Trinajstić information content (AvgIpc) is 2.73. The highest BCUT2D eigenvalue weighted by Crippen LogP contribution is 2.22. The summed E-state index contributed by atoms with van der Waals surface area (Å²) in [6.45, 7) is 2.42. The second kappa shape index (κ2) is 4.87. The fourth-order valence-corrected chi connectivity index (χ4v) is 2.16. The molecule has 0 unspecified atom stereocenters. The van der Waals surface area contributed by atoms with Gasteiger partial charge in [0.05, 0.1) is 12.5 Å². The minimum atomic E-state index is -0.545. The molecule has 1 atom stereocenters. The van der Waals surface area contributed by atoms with Crippen LogP contribution in [0.1, 0.15) is 18.4 Å². The van der Waals surface area contributed by atoms with Crippen LogP contribution in [-0.4, -0.2) is 30.1 Å². The molecule has 90 valence electrons. The Hall–Kier alpha value is -1.36. The summed E-state index contributed by atoms with van der Waals surface area (Å²) in [6, 6.07) is 7.51. The van der Waals surface area contributed by atoms with Crippen LogP contribution in [0.15, 0.2) is 28.7 Å². The van der Waals surface area contributed by atoms with E-state index in [4.69, 9.17) is 4.74 Å². The minimum absolute atomic E-state index is 0.217. The summed E-state index contributed by atoms with van der Waals surface area (Å²) in [6.07, 6.45) is -0.545. The van der Waals surface area contributed by atoms with E-state index in [0.717, 1.165) is 14.9 Å². The maximum absolute atomic E-state index is 12.1. The topological polar surface area (TPSA) is 46.6 Å². The first-order valence-corrected chi connectivity index (χ1v) is 6.12. The molecule has 2 rings (SSSR count). The summed E-state index contributed by atoms with van der Waals surface area (Å²) in [7, 11) is 0. The number of amides is 2. The van der Waals surface area contributed by atoms with Gasteiger partial charge in [-0.15, -0.1) is 0 Å². The van der Waals surface area contributed by atoms with Gasteiger partial charge in [0.1, 0.15) is 6.61 Å². The molecule has 0 aromatic heterocycles. The number of hydrogen-bond acceptors (Lipinski definition) is 3. The third kappa shape index (κ3) is 2.49. The molecule has 1 aromatic rings. The predicted octanol–water partition coefficient (Wildman–Crippen LogP) is 2.53. The molecule has 5 heteroatoms. The Bertz CT molecular complexity index is 461. The van der Waals surface area contributed by atoms with Gasteiger partial charge in [0.15, 0.2) is 0 Å². The average molecular weight is 298 g/mol. The number of ether oxygens (including phenoxy) is 1. The summed E-state index contributed by atoms with van der Waals surface area (Å²) in [5.74, 6) is -0.566. The molecule has 0 N–H and O–H groups in total. The van der Waals surface area contributed by atoms with E-state index in [0.29, 0.717) is 6.54 Å². The van der Waals surface area contributed by atoms with Gasteiger partial charge >= 0.3 is 6.09 Å². The Morgan fingerprint density at radius 1 is 1.53 bits per heavy atom. The van der Waals surface area contributed by atoms with E-state index in [1.54, 1.807) is 6.92 Å². The predicted molar refractivity (Wildman–Crippen MR) is 65.6 cm³/mol. The molecule has 0 saturated carbocycles. The van der Waals surface area contributed by atoms with E-state index >= 15 is 0 Å². The number of benzene rings is 1. The highest BCUT2D eigenvalue weighted by Gasteiger charge is 2.32. The van der Waals surface area contributed by atoms with Crippen LogP contribution in [-0.2, 0) is 9.53 Å². The summed E-state index contributed by atoms with van der Waals surface area (Å²) in [5.41, 5.74) is 0.879. The van der Waals surface area contributed by atoms with Gasteiger partial charge in [-0.05, 0) is 24.6 Å². The van der Waals surface area contributed by atoms with Crippen LogP contribution >= 0.6 is 15.9 Å². The lowest BCUT2D eigenvalue weighted by atomic mass is 10.00. The number of halogens is 1. The largest absolute Gasteiger partial charge is 0.447 e. The first-order chi connectivity index (χ1) is 8.09. The molecule has 0 radical (unpaired) electrons. The summed E-state index contributed by atoms with van der Waals surface area (Å²) in [5, 5.41) is 0. The van der Waals surface area contributed by atoms with Crippen molar-refractivity contribution in [2.75, 3.05) is 13.2 Å². The molecular weight excluding hydrogens is 286 g/mol. The standard InChI is InChI=1S/C12H12BrNO3/c1-8(9-3-2-4-10(13)7-9)11(15)14-5-6-17-12(14)16/h2-4,7-8H,5-6H2,1H3/t8-/m0/s1. The van der Waals surface area contributed by atoms with Gasteiger partial charge in [-0.2, -0.15) is 0 Å². The van der Waals surface area contributed by atoms with Gasteiger partial charge in [0.2, 0.25) is 5.91 Å². The van der Waals surface area contributed by atoms with E-state index in [2.05, 4.69) is 15.9 Å². The highest BCUT2D eigenvalue weighted by atomic mass is 79.9. The Kier molecular flexibility index (Phi) is 3.47. The zero-order chi connectivity index (χ0) is 12.4. The summed E-state index contributed by atoms with van der Waals surface area (Å²) < 4.78 is 5.67. The molecule has 1 aromatic carbocycles. The molecule has 4 nitrogen and oxygen atoms in total. The number of cyclic esters (lactones) is 1. The van der Waals surface area contributed by atoms with Gasteiger partial charge in [-0.25, -0.2) is 9.69 Å². The number of nitrogens with zero attached hydrogens (tertiary/aromatic N) is 1. The third-order valence-corrected chi connectivity index (χ3v) is 3.24. The first-order valence-electron chi connectivity index (χ1n) is 5.33. The maximum atomic E-state index is 12.1. The normalized spacial score (nSPS) is 16.8. The van der Waals surface area contributed by atoms with Gasteiger partial charge in [-0.1, -0.05) is 28.1 Å². The maximum Gasteiger partial charge on any atom is 0.416 e. The van der Waals surface area contributed by atoms with Crippen molar-refractivity contribution in [3.8, 4) is 0 Å². The monoisotopic (exact) mass is 297 g/mol. The highest BCUT2D eigenvalue weighted by molar-refractivity contribution is 9.10. The second-order valence-corrected chi connectivity index (χ2v) is 4.80. The van der Waals surface area contributed by atoms with Crippen molar-refractivity contribution in [2.24, 2.45) is 0 Å². The van der Waals surface area contributed by atoms with Crippen LogP contribution in [0.3, 0.4) is 0 Å². The van der Waals surface area contributed by atoms with Crippen LogP contribution in [0.2, 0.25) is 0 Å². The third-order valence-electron chi connectivity index (χ3n) is 2.75. The number of carbonyl (C=O) groups is 2. The molecule has 1 saturated heterocycles. The lowest BCUT2D eigenvalue weighted by Crippen LogP contribution is -2.34. The van der Waals surface area contributed by atoms with Gasteiger partial charge in [0.25, 0.3) is 0 Å². The van der Waals surface area contributed by atoms with Crippen molar-refractivity contribution in [1.29, 1.82) is 0 Å². The van der Waals surface area contributed by atoms with E-state index in [9.17, 15) is 9.59 Å². The van der Waals surface area contributed by atoms with Gasteiger partial charge in [0, 0.05) is 4.47 Å². The lowest BCUT2D eigenvalue weighted by molar-refractivity contribution is -0.128. The molecule has 0 spiro atoms. The van der Waals surface area contributed by atoms with Crippen molar-refractivity contribution in [3.63, 3.8) is 0 Å². The number of imide groups is 1. The van der Waals surface area contributed by atoms with Crippen molar-refractivity contribution in [1.82, 2.24) is 4.90 Å². The lowest BCUT2D eigenvalue weighted by Gasteiger charge is -2.17. The molecule has 17 heavy (non-hydrogen) atoms.